The molecule has 53 heavy (non-hydrogen) atoms. The minimum atomic E-state index is 0.421. The van der Waals surface area contributed by atoms with Crippen LogP contribution in [0.1, 0.15) is 35.6 Å². The Labute approximate surface area is 312 Å². The number of nitrogens with zero attached hydrogens (tertiary/aromatic N) is 2. The van der Waals surface area contributed by atoms with Crippen molar-refractivity contribution in [3.63, 3.8) is 0 Å². The summed E-state index contributed by atoms with van der Waals surface area (Å²) in [5.41, 5.74) is 18.7. The Kier molecular flexibility index (Phi) is 10.3. The average Bonchev–Trinajstić information content (AvgIpc) is 3.20. The van der Waals surface area contributed by atoms with E-state index in [9.17, 15) is 0 Å². The Bertz CT molecular complexity index is 2480. The monoisotopic (exact) mass is 686 g/mol. The molecule has 0 spiro atoms. The van der Waals surface area contributed by atoms with Gasteiger partial charge in [-0.25, -0.2) is 4.99 Å². The van der Waals surface area contributed by atoms with Gasteiger partial charge in [0.25, 0.3) is 0 Å². The number of amidine groups is 1. The molecule has 0 bridgehead atoms. The third kappa shape index (κ3) is 7.98. The van der Waals surface area contributed by atoms with Crippen molar-refractivity contribution in [1.82, 2.24) is 0 Å². The smallest absolute Gasteiger partial charge is 0.131 e. The second kappa shape index (κ2) is 15.7. The molecule has 0 amide bonds. The van der Waals surface area contributed by atoms with Gasteiger partial charge >= 0.3 is 0 Å². The fourth-order valence-electron chi connectivity index (χ4n) is 6.86. The van der Waals surface area contributed by atoms with Gasteiger partial charge in [-0.3, -0.25) is 10.4 Å². The maximum absolute atomic E-state index is 9.16. The van der Waals surface area contributed by atoms with Crippen molar-refractivity contribution >= 4 is 34.7 Å². The molecule has 1 atom stereocenters. The molecule has 1 aliphatic rings. The SMILES string of the molecule is C=Nc1c(C(=N)c2cccc(-c3cccc(-c4cccc(CC(=C)/C=C\C5=C(N=C(N)c6ccccc6)C=CC(C)C5)c4)c3)c2)ccc2ccccc12. The molecule has 4 heteroatoms. The Balaban J connectivity index is 1.09. The van der Waals surface area contributed by atoms with E-state index in [-0.39, 0.29) is 0 Å². The van der Waals surface area contributed by atoms with Crippen molar-refractivity contribution in [3.05, 3.63) is 210 Å². The van der Waals surface area contributed by atoms with Crippen LogP contribution in [-0.4, -0.2) is 18.3 Å². The fraction of sp³-hybridized carbons (Fsp3) is 0.0816. The summed E-state index contributed by atoms with van der Waals surface area (Å²) < 4.78 is 0. The second-order valence-corrected chi connectivity index (χ2v) is 13.6. The van der Waals surface area contributed by atoms with Gasteiger partial charge in [-0.15, -0.1) is 0 Å². The van der Waals surface area contributed by atoms with Crippen molar-refractivity contribution in [2.75, 3.05) is 0 Å². The summed E-state index contributed by atoms with van der Waals surface area (Å²) >= 11 is 0. The van der Waals surface area contributed by atoms with Crippen LogP contribution in [0.2, 0.25) is 0 Å². The molecule has 258 valence electrons. The van der Waals surface area contributed by atoms with E-state index in [1.54, 1.807) is 0 Å². The molecule has 6 aromatic carbocycles. The van der Waals surface area contributed by atoms with Crippen LogP contribution >= 0.6 is 0 Å². The first-order chi connectivity index (χ1) is 25.9. The highest BCUT2D eigenvalue weighted by molar-refractivity contribution is 6.17. The molecule has 0 fully saturated rings. The molecule has 3 N–H and O–H groups in total. The van der Waals surface area contributed by atoms with E-state index in [0.29, 0.717) is 17.5 Å². The third-order valence-electron chi connectivity index (χ3n) is 9.65. The van der Waals surface area contributed by atoms with Crippen LogP contribution in [0.15, 0.2) is 197 Å². The predicted octanol–water partition coefficient (Wildman–Crippen LogP) is 11.8. The number of rotatable bonds is 11. The van der Waals surface area contributed by atoms with Gasteiger partial charge in [0.15, 0.2) is 0 Å². The van der Waals surface area contributed by atoms with Gasteiger partial charge in [0, 0.05) is 22.1 Å². The van der Waals surface area contributed by atoms with Crippen LogP contribution in [0.5, 0.6) is 0 Å². The van der Waals surface area contributed by atoms with Crippen LogP contribution in [-0.2, 0) is 6.42 Å². The zero-order valence-corrected chi connectivity index (χ0v) is 30.0. The molecule has 0 aliphatic heterocycles. The average molecular weight is 687 g/mol. The summed E-state index contributed by atoms with van der Waals surface area (Å²) in [5.74, 6) is 0.937. The number of nitrogens with one attached hydrogen (secondary N) is 1. The molecule has 0 saturated heterocycles. The summed E-state index contributed by atoms with van der Waals surface area (Å²) in [6.45, 7) is 10.4. The molecule has 0 heterocycles. The van der Waals surface area contributed by atoms with Gasteiger partial charge in [-0.2, -0.15) is 0 Å². The fourth-order valence-corrected chi connectivity index (χ4v) is 6.86. The lowest BCUT2D eigenvalue weighted by atomic mass is 9.92. The Morgan fingerprint density at radius 2 is 1.43 bits per heavy atom. The van der Waals surface area contributed by atoms with E-state index in [1.807, 2.05) is 72.8 Å². The minimum Gasteiger partial charge on any atom is -0.383 e. The third-order valence-corrected chi connectivity index (χ3v) is 9.65. The molecule has 6 aromatic rings. The quantitative estimate of drug-likeness (QED) is 0.0794. The van der Waals surface area contributed by atoms with Gasteiger partial charge in [-0.1, -0.05) is 159 Å². The van der Waals surface area contributed by atoms with Crippen LogP contribution in [0.3, 0.4) is 0 Å². The molecule has 7 rings (SSSR count). The highest BCUT2D eigenvalue weighted by Crippen LogP contribution is 2.33. The lowest BCUT2D eigenvalue weighted by Gasteiger charge is -2.16. The topological polar surface area (TPSA) is 74.6 Å². The first kappa shape index (κ1) is 34.8. The van der Waals surface area contributed by atoms with E-state index in [2.05, 4.69) is 116 Å². The van der Waals surface area contributed by atoms with E-state index in [4.69, 9.17) is 16.1 Å². The Morgan fingerprint density at radius 1 is 0.774 bits per heavy atom. The van der Waals surface area contributed by atoms with Crippen molar-refractivity contribution in [3.8, 4) is 22.3 Å². The van der Waals surface area contributed by atoms with Crippen LogP contribution in [0.4, 0.5) is 5.69 Å². The number of fused-ring (bicyclic) bond motifs is 1. The standard InChI is InChI=1S/C49H42N4/c1-33(22-24-42-29-34(2)23-27-46(42)53-49(51)37-14-5-4-6-15-37)28-35-12-9-16-38(30-35)39-17-10-18-40(31-39)41-19-11-20-43(32-41)47(50)45-26-25-36-13-7-8-21-44(36)48(45)52-3/h4-27,30-32,34,50H,1,3,28-29H2,2H3,(H2,51,53)/b24-22-,50-47?. The minimum absolute atomic E-state index is 0.421. The van der Waals surface area contributed by atoms with Crippen LogP contribution < -0.4 is 5.73 Å². The zero-order valence-electron chi connectivity index (χ0n) is 30.0. The van der Waals surface area contributed by atoms with Gasteiger partial charge in [-0.05, 0) is 88.5 Å². The maximum atomic E-state index is 9.16. The van der Waals surface area contributed by atoms with Crippen molar-refractivity contribution in [2.45, 2.75) is 19.8 Å². The number of hydrogen-bond acceptors (Lipinski definition) is 3. The van der Waals surface area contributed by atoms with Crippen molar-refractivity contribution < 1.29 is 0 Å². The molecule has 0 radical (unpaired) electrons. The number of nitrogens with two attached hydrogens (primary N) is 1. The van der Waals surface area contributed by atoms with Crippen LogP contribution in [0, 0.1) is 11.3 Å². The molecular formula is C49H42N4. The Morgan fingerprint density at radius 3 is 2.21 bits per heavy atom. The number of benzene rings is 6. The second-order valence-electron chi connectivity index (χ2n) is 13.6. The molecule has 1 unspecified atom stereocenters. The van der Waals surface area contributed by atoms with Gasteiger partial charge in [0.1, 0.15) is 5.84 Å². The zero-order chi connectivity index (χ0) is 36.7. The molecule has 4 nitrogen and oxygen atoms in total. The van der Waals surface area contributed by atoms with Crippen molar-refractivity contribution in [2.24, 2.45) is 21.6 Å². The number of allylic oxidation sites excluding steroid dienone is 6. The van der Waals surface area contributed by atoms with E-state index in [0.717, 1.165) is 85.1 Å². The number of aliphatic imine (C=N–C) groups is 2. The van der Waals surface area contributed by atoms with Gasteiger partial charge in [0.05, 0.1) is 17.1 Å². The van der Waals surface area contributed by atoms with Gasteiger partial charge < -0.3 is 5.73 Å². The summed E-state index contributed by atoms with van der Waals surface area (Å²) in [6.07, 6.45) is 10.1. The van der Waals surface area contributed by atoms with Gasteiger partial charge in [0.2, 0.25) is 0 Å². The summed E-state index contributed by atoms with van der Waals surface area (Å²) in [5, 5.41) is 11.2. The molecule has 0 saturated carbocycles. The molecule has 1 aliphatic carbocycles. The van der Waals surface area contributed by atoms with E-state index in [1.165, 1.54) is 5.56 Å². The maximum Gasteiger partial charge on any atom is 0.131 e. The molecular weight excluding hydrogens is 645 g/mol. The number of hydrogen-bond donors (Lipinski definition) is 2. The first-order valence-electron chi connectivity index (χ1n) is 17.9. The largest absolute Gasteiger partial charge is 0.383 e. The summed E-state index contributed by atoms with van der Waals surface area (Å²) in [4.78, 5) is 9.13. The highest BCUT2D eigenvalue weighted by Gasteiger charge is 2.15. The first-order valence-corrected chi connectivity index (χ1v) is 17.9. The lowest BCUT2D eigenvalue weighted by Crippen LogP contribution is -2.14. The summed E-state index contributed by atoms with van der Waals surface area (Å²) in [7, 11) is 0. The van der Waals surface area contributed by atoms with Crippen molar-refractivity contribution in [1.29, 1.82) is 5.41 Å². The lowest BCUT2D eigenvalue weighted by molar-refractivity contribution is 0.709. The predicted molar refractivity (Wildman–Crippen MR) is 225 cm³/mol. The summed E-state index contributed by atoms with van der Waals surface area (Å²) in [6, 6.07) is 47.4. The van der Waals surface area contributed by atoms with E-state index >= 15 is 0 Å². The Hall–Kier alpha value is -6.65. The van der Waals surface area contributed by atoms with Crippen LogP contribution in [0.25, 0.3) is 33.0 Å². The highest BCUT2D eigenvalue weighted by atomic mass is 14.9. The molecule has 0 aromatic heterocycles. The normalized spacial score (nSPS) is 14.5. The van der Waals surface area contributed by atoms with E-state index < -0.39 is 0 Å².